The molecule has 0 aliphatic carbocycles. The van der Waals surface area contributed by atoms with Crippen LogP contribution in [0, 0.1) is 6.42 Å². The first-order valence-electron chi connectivity index (χ1n) is 4.57. The zero-order valence-corrected chi connectivity index (χ0v) is 7.80. The standard InChI is InChI=1S/C12H11N2/c1-3-11(9-13-7-1)5-6-12-4-2-8-14-10-12/h1-5,7-10H,6H2. The molecule has 0 spiro atoms. The lowest BCUT2D eigenvalue weighted by Crippen LogP contribution is -1.89. The van der Waals surface area contributed by atoms with Crippen molar-refractivity contribution in [3.63, 3.8) is 0 Å². The Kier molecular flexibility index (Phi) is 2.86. The Labute approximate surface area is 83.7 Å². The summed E-state index contributed by atoms with van der Waals surface area (Å²) in [5.74, 6) is 0. The van der Waals surface area contributed by atoms with E-state index in [1.807, 2.05) is 30.6 Å². The fraction of sp³-hybridized carbons (Fsp3) is 0.0833. The van der Waals surface area contributed by atoms with Crippen LogP contribution < -0.4 is 0 Å². The average molecular weight is 183 g/mol. The van der Waals surface area contributed by atoms with E-state index < -0.39 is 0 Å². The van der Waals surface area contributed by atoms with Crippen molar-refractivity contribution in [2.24, 2.45) is 0 Å². The molecule has 1 radical (unpaired) electrons. The van der Waals surface area contributed by atoms with Crippen LogP contribution in [0.3, 0.4) is 0 Å². The molecule has 0 aliphatic rings. The predicted molar refractivity (Wildman–Crippen MR) is 55.6 cm³/mol. The van der Waals surface area contributed by atoms with Crippen LogP contribution in [0.1, 0.15) is 11.1 Å². The van der Waals surface area contributed by atoms with E-state index in [0.717, 1.165) is 12.0 Å². The van der Waals surface area contributed by atoms with Gasteiger partial charge in [0.25, 0.3) is 0 Å². The number of aromatic nitrogens is 2. The summed E-state index contributed by atoms with van der Waals surface area (Å²) in [7, 11) is 0. The van der Waals surface area contributed by atoms with E-state index in [2.05, 4.69) is 22.5 Å². The maximum absolute atomic E-state index is 4.06. The smallest absolute Gasteiger partial charge is 0.0303 e. The normalized spacial score (nSPS) is 10.0. The summed E-state index contributed by atoms with van der Waals surface area (Å²) >= 11 is 0. The average Bonchev–Trinajstić information content (AvgIpc) is 2.29. The lowest BCUT2D eigenvalue weighted by atomic mass is 10.1. The van der Waals surface area contributed by atoms with Crippen LogP contribution in [0.25, 0.3) is 0 Å². The van der Waals surface area contributed by atoms with Crippen molar-refractivity contribution in [1.82, 2.24) is 9.97 Å². The number of pyridine rings is 2. The molecule has 0 amide bonds. The molecule has 0 unspecified atom stereocenters. The maximum Gasteiger partial charge on any atom is 0.0303 e. The molecule has 0 bridgehead atoms. The second kappa shape index (κ2) is 4.51. The second-order valence-electron chi connectivity index (χ2n) is 3.06. The van der Waals surface area contributed by atoms with Crippen LogP contribution in [0.5, 0.6) is 0 Å². The molecular weight excluding hydrogens is 172 g/mol. The highest BCUT2D eigenvalue weighted by Crippen LogP contribution is 2.06. The highest BCUT2D eigenvalue weighted by Gasteiger charge is 1.94. The predicted octanol–water partition coefficient (Wildman–Crippen LogP) is 2.27. The van der Waals surface area contributed by atoms with Gasteiger partial charge in [-0.05, 0) is 36.1 Å². The van der Waals surface area contributed by atoms with Gasteiger partial charge in [-0.1, -0.05) is 12.1 Å². The minimum Gasteiger partial charge on any atom is -0.264 e. The molecule has 0 aromatic carbocycles. The third-order valence-corrected chi connectivity index (χ3v) is 1.98. The van der Waals surface area contributed by atoms with E-state index in [0.29, 0.717) is 0 Å². The lowest BCUT2D eigenvalue weighted by molar-refractivity contribution is 1.11. The Balaban J connectivity index is 1.96. The molecule has 0 saturated carbocycles. The van der Waals surface area contributed by atoms with Crippen molar-refractivity contribution in [1.29, 1.82) is 0 Å². The van der Waals surface area contributed by atoms with E-state index in [4.69, 9.17) is 0 Å². The second-order valence-corrected chi connectivity index (χ2v) is 3.06. The van der Waals surface area contributed by atoms with Gasteiger partial charge < -0.3 is 0 Å². The van der Waals surface area contributed by atoms with Crippen LogP contribution >= 0.6 is 0 Å². The van der Waals surface area contributed by atoms with Crippen molar-refractivity contribution < 1.29 is 0 Å². The van der Waals surface area contributed by atoms with Gasteiger partial charge in [-0.3, -0.25) is 9.97 Å². The van der Waals surface area contributed by atoms with E-state index in [1.165, 1.54) is 5.56 Å². The number of nitrogens with zero attached hydrogens (tertiary/aromatic N) is 2. The lowest BCUT2D eigenvalue weighted by Gasteiger charge is -1.99. The summed E-state index contributed by atoms with van der Waals surface area (Å²) in [5.41, 5.74) is 2.37. The third kappa shape index (κ3) is 2.39. The summed E-state index contributed by atoms with van der Waals surface area (Å²) in [6, 6.07) is 8.00. The topological polar surface area (TPSA) is 25.8 Å². The van der Waals surface area contributed by atoms with Crippen LogP contribution in [0.2, 0.25) is 0 Å². The van der Waals surface area contributed by atoms with Gasteiger partial charge in [-0.15, -0.1) is 0 Å². The molecule has 0 fully saturated rings. The molecule has 14 heavy (non-hydrogen) atoms. The molecule has 0 saturated heterocycles. The molecule has 2 aromatic heterocycles. The van der Waals surface area contributed by atoms with Gasteiger partial charge in [-0.25, -0.2) is 0 Å². The van der Waals surface area contributed by atoms with E-state index in [-0.39, 0.29) is 0 Å². The van der Waals surface area contributed by atoms with E-state index >= 15 is 0 Å². The molecule has 2 heterocycles. The first-order valence-corrected chi connectivity index (χ1v) is 4.57. The first kappa shape index (κ1) is 8.88. The largest absolute Gasteiger partial charge is 0.264 e. The third-order valence-electron chi connectivity index (χ3n) is 1.98. The van der Waals surface area contributed by atoms with Crippen molar-refractivity contribution in [3.05, 3.63) is 66.6 Å². The molecule has 2 heteroatoms. The van der Waals surface area contributed by atoms with Gasteiger partial charge in [0.15, 0.2) is 0 Å². The number of hydrogen-bond acceptors (Lipinski definition) is 2. The van der Waals surface area contributed by atoms with Crippen molar-refractivity contribution in [3.8, 4) is 0 Å². The highest BCUT2D eigenvalue weighted by atomic mass is 14.6. The molecule has 69 valence electrons. The molecule has 0 atom stereocenters. The monoisotopic (exact) mass is 183 g/mol. The van der Waals surface area contributed by atoms with E-state index in [1.54, 1.807) is 12.4 Å². The van der Waals surface area contributed by atoms with Crippen molar-refractivity contribution >= 4 is 0 Å². The van der Waals surface area contributed by atoms with E-state index in [9.17, 15) is 0 Å². The molecule has 0 aliphatic heterocycles. The number of hydrogen-bond donors (Lipinski definition) is 0. The van der Waals surface area contributed by atoms with Crippen LogP contribution in [-0.4, -0.2) is 9.97 Å². The fourth-order valence-electron chi connectivity index (χ4n) is 1.25. The Hall–Kier alpha value is -1.70. The van der Waals surface area contributed by atoms with Crippen LogP contribution in [0.15, 0.2) is 49.1 Å². The first-order chi connectivity index (χ1) is 6.95. The molecule has 2 nitrogen and oxygen atoms in total. The Morgan fingerprint density at radius 1 is 1.00 bits per heavy atom. The van der Waals surface area contributed by atoms with Crippen molar-refractivity contribution in [2.75, 3.05) is 0 Å². The summed E-state index contributed by atoms with van der Waals surface area (Å²) in [6.07, 6.45) is 10.3. The van der Waals surface area contributed by atoms with Gasteiger partial charge in [0, 0.05) is 24.8 Å². The molecular formula is C12H11N2. The van der Waals surface area contributed by atoms with Gasteiger partial charge in [0.05, 0.1) is 0 Å². The van der Waals surface area contributed by atoms with Gasteiger partial charge in [-0.2, -0.15) is 0 Å². The zero-order chi connectivity index (χ0) is 9.64. The Bertz CT molecular complexity index is 331. The van der Waals surface area contributed by atoms with Crippen LogP contribution in [-0.2, 0) is 6.42 Å². The maximum atomic E-state index is 4.06. The van der Waals surface area contributed by atoms with Crippen LogP contribution in [0.4, 0.5) is 0 Å². The fourth-order valence-corrected chi connectivity index (χ4v) is 1.25. The summed E-state index contributed by atoms with van der Waals surface area (Å²) in [6.45, 7) is 0. The van der Waals surface area contributed by atoms with Gasteiger partial charge in [0.1, 0.15) is 0 Å². The van der Waals surface area contributed by atoms with Gasteiger partial charge >= 0.3 is 0 Å². The Morgan fingerprint density at radius 3 is 2.43 bits per heavy atom. The summed E-state index contributed by atoms with van der Waals surface area (Å²) in [5, 5.41) is 0. The molecule has 0 N–H and O–H groups in total. The molecule has 2 aromatic rings. The minimum atomic E-state index is 0.902. The minimum absolute atomic E-state index is 0.902. The van der Waals surface area contributed by atoms with Crippen molar-refractivity contribution in [2.45, 2.75) is 6.42 Å². The highest BCUT2D eigenvalue weighted by molar-refractivity contribution is 5.22. The summed E-state index contributed by atoms with van der Waals surface area (Å²) < 4.78 is 0. The number of rotatable bonds is 3. The SMILES string of the molecule is [CH](Cc1cccnc1)c1cccnc1. The summed E-state index contributed by atoms with van der Waals surface area (Å²) in [4.78, 5) is 8.11. The molecule has 2 rings (SSSR count). The van der Waals surface area contributed by atoms with Gasteiger partial charge in [0.2, 0.25) is 0 Å². The quantitative estimate of drug-likeness (QED) is 0.729. The Morgan fingerprint density at radius 2 is 1.79 bits per heavy atom. The zero-order valence-electron chi connectivity index (χ0n) is 7.80.